The number of carbonyl (C=O) groups excluding carboxylic acids is 1. The Morgan fingerprint density at radius 2 is 1.61 bits per heavy atom. The molecule has 0 spiro atoms. The molecule has 0 bridgehead atoms. The molecule has 0 saturated heterocycles. The number of hydrogen-bond donors (Lipinski definition) is 2. The predicted octanol–water partition coefficient (Wildman–Crippen LogP) is 5.59. The second-order valence-electron chi connectivity index (χ2n) is 6.57. The lowest BCUT2D eigenvalue weighted by molar-refractivity contribution is -0.122. The molecule has 2 N–H and O–H groups in total. The van der Waals surface area contributed by atoms with E-state index in [9.17, 15) is 13.2 Å². The van der Waals surface area contributed by atoms with Crippen LogP contribution in [0.2, 0.25) is 10.0 Å². The highest BCUT2D eigenvalue weighted by Gasteiger charge is 2.20. The van der Waals surface area contributed by atoms with Crippen LogP contribution in [0.5, 0.6) is 5.75 Å². The second kappa shape index (κ2) is 10.0. The summed E-state index contributed by atoms with van der Waals surface area (Å²) in [6, 6.07) is 19.1. The lowest BCUT2D eigenvalue weighted by Crippen LogP contribution is -2.32. The Labute approximate surface area is 191 Å². The summed E-state index contributed by atoms with van der Waals surface area (Å²) in [4.78, 5) is 12.6. The number of carbonyl (C=O) groups is 1. The van der Waals surface area contributed by atoms with E-state index in [-0.39, 0.29) is 16.5 Å². The molecule has 0 aliphatic heterocycles. The van der Waals surface area contributed by atoms with E-state index < -0.39 is 16.1 Å². The summed E-state index contributed by atoms with van der Waals surface area (Å²) in [5, 5.41) is 3.60. The van der Waals surface area contributed by atoms with Crippen molar-refractivity contribution in [3.05, 3.63) is 82.8 Å². The van der Waals surface area contributed by atoms with Gasteiger partial charge in [0.05, 0.1) is 15.6 Å². The first-order chi connectivity index (χ1) is 14.8. The van der Waals surface area contributed by atoms with Crippen LogP contribution in [0.15, 0.2) is 77.7 Å². The first kappa shape index (κ1) is 22.9. The van der Waals surface area contributed by atoms with Gasteiger partial charge in [0.2, 0.25) is 0 Å². The van der Waals surface area contributed by atoms with E-state index >= 15 is 0 Å². The van der Waals surface area contributed by atoms with Gasteiger partial charge in [-0.2, -0.15) is 0 Å². The lowest BCUT2D eigenvalue weighted by Gasteiger charge is -2.17. The van der Waals surface area contributed by atoms with Crippen LogP contribution < -0.4 is 14.8 Å². The number of sulfonamides is 1. The zero-order valence-corrected chi connectivity index (χ0v) is 18.8. The molecule has 0 aliphatic carbocycles. The summed E-state index contributed by atoms with van der Waals surface area (Å²) >= 11 is 11.9. The molecular formula is C22H20Cl2N2O4S. The fourth-order valence-electron chi connectivity index (χ4n) is 2.69. The van der Waals surface area contributed by atoms with E-state index in [1.165, 1.54) is 24.3 Å². The minimum atomic E-state index is -3.83. The van der Waals surface area contributed by atoms with Crippen molar-refractivity contribution < 1.29 is 17.9 Å². The molecule has 31 heavy (non-hydrogen) atoms. The van der Waals surface area contributed by atoms with Crippen LogP contribution in [0.1, 0.15) is 13.3 Å². The Bertz CT molecular complexity index is 1150. The maximum atomic E-state index is 12.6. The number of hydrogen-bond acceptors (Lipinski definition) is 4. The van der Waals surface area contributed by atoms with Gasteiger partial charge in [-0.05, 0) is 67.1 Å². The van der Waals surface area contributed by atoms with Gasteiger partial charge in [0.15, 0.2) is 6.10 Å². The van der Waals surface area contributed by atoms with E-state index in [2.05, 4.69) is 10.0 Å². The number of ether oxygens (including phenoxy) is 1. The molecule has 0 radical (unpaired) electrons. The Balaban J connectivity index is 1.67. The summed E-state index contributed by atoms with van der Waals surface area (Å²) in [6.07, 6.45) is -0.269. The van der Waals surface area contributed by atoms with E-state index in [1.54, 1.807) is 48.5 Å². The van der Waals surface area contributed by atoms with E-state index in [0.29, 0.717) is 27.9 Å². The van der Waals surface area contributed by atoms with Gasteiger partial charge < -0.3 is 10.1 Å². The third-order valence-corrected chi connectivity index (χ3v) is 6.27. The van der Waals surface area contributed by atoms with Gasteiger partial charge in [0, 0.05) is 10.7 Å². The molecule has 162 valence electrons. The molecule has 0 aromatic heterocycles. The molecule has 0 saturated carbocycles. The van der Waals surface area contributed by atoms with Crippen LogP contribution in [-0.4, -0.2) is 20.4 Å². The summed E-state index contributed by atoms with van der Waals surface area (Å²) in [5.41, 5.74) is 0.728. The topological polar surface area (TPSA) is 84.5 Å². The van der Waals surface area contributed by atoms with Gasteiger partial charge in [0.25, 0.3) is 15.9 Å². The van der Waals surface area contributed by atoms with E-state index in [1.807, 2.05) is 6.92 Å². The number of anilines is 2. The highest BCUT2D eigenvalue weighted by Crippen LogP contribution is 2.25. The Morgan fingerprint density at radius 1 is 0.968 bits per heavy atom. The van der Waals surface area contributed by atoms with Crippen molar-refractivity contribution in [3.8, 4) is 5.75 Å². The van der Waals surface area contributed by atoms with Gasteiger partial charge in [-0.1, -0.05) is 42.3 Å². The Kier molecular flexibility index (Phi) is 7.43. The average molecular weight is 479 g/mol. The minimum Gasteiger partial charge on any atom is -0.481 e. The zero-order valence-electron chi connectivity index (χ0n) is 16.5. The monoisotopic (exact) mass is 478 g/mol. The van der Waals surface area contributed by atoms with Crippen molar-refractivity contribution in [2.75, 3.05) is 10.0 Å². The smallest absolute Gasteiger partial charge is 0.265 e. The molecule has 1 atom stereocenters. The maximum Gasteiger partial charge on any atom is 0.265 e. The Morgan fingerprint density at radius 3 is 2.23 bits per heavy atom. The molecule has 0 heterocycles. The lowest BCUT2D eigenvalue weighted by atomic mass is 10.2. The number of benzene rings is 3. The third kappa shape index (κ3) is 6.13. The third-order valence-electron chi connectivity index (χ3n) is 4.31. The summed E-state index contributed by atoms with van der Waals surface area (Å²) < 4.78 is 33.3. The van der Waals surface area contributed by atoms with Crippen molar-refractivity contribution in [1.29, 1.82) is 0 Å². The first-order valence-corrected chi connectivity index (χ1v) is 11.6. The van der Waals surface area contributed by atoms with E-state index in [0.717, 1.165) is 0 Å². The van der Waals surface area contributed by atoms with Crippen molar-refractivity contribution in [1.82, 2.24) is 0 Å². The van der Waals surface area contributed by atoms with Crippen LogP contribution in [0.4, 0.5) is 11.4 Å². The van der Waals surface area contributed by atoms with Gasteiger partial charge in [-0.15, -0.1) is 0 Å². The fourth-order valence-corrected chi connectivity index (χ4v) is 4.13. The molecule has 9 heteroatoms. The molecular weight excluding hydrogens is 459 g/mol. The minimum absolute atomic E-state index is 0.0369. The standard InChI is InChI=1S/C22H20Cl2N2O4S/c1-2-21(30-17-11-7-15(23)8-12-17)22(27)25-16-9-13-18(14-10-16)31(28,29)26-20-6-4-3-5-19(20)24/h3-14,21,26H,2H2,1H3,(H,25,27)/t21-/m1/s1. The summed E-state index contributed by atoms with van der Waals surface area (Å²) in [5.74, 6) is 0.181. The molecule has 0 aliphatic rings. The van der Waals surface area contributed by atoms with Crippen molar-refractivity contribution >= 4 is 50.5 Å². The van der Waals surface area contributed by atoms with Crippen molar-refractivity contribution in [3.63, 3.8) is 0 Å². The van der Waals surface area contributed by atoms with Crippen LogP contribution in [0, 0.1) is 0 Å². The molecule has 0 unspecified atom stereocenters. The normalized spacial score (nSPS) is 12.1. The average Bonchev–Trinajstić information content (AvgIpc) is 2.75. The SMILES string of the molecule is CC[C@@H](Oc1ccc(Cl)cc1)C(=O)Nc1ccc(S(=O)(=O)Nc2ccccc2Cl)cc1. The maximum absolute atomic E-state index is 12.6. The summed E-state index contributed by atoms with van der Waals surface area (Å²) in [7, 11) is -3.83. The second-order valence-corrected chi connectivity index (χ2v) is 9.09. The highest BCUT2D eigenvalue weighted by atomic mass is 35.5. The quantitative estimate of drug-likeness (QED) is 0.441. The number of nitrogens with one attached hydrogen (secondary N) is 2. The summed E-state index contributed by atoms with van der Waals surface area (Å²) in [6.45, 7) is 1.83. The van der Waals surface area contributed by atoms with Gasteiger partial charge in [0.1, 0.15) is 5.75 Å². The molecule has 6 nitrogen and oxygen atoms in total. The number of halogens is 2. The van der Waals surface area contributed by atoms with Crippen molar-refractivity contribution in [2.24, 2.45) is 0 Å². The van der Waals surface area contributed by atoms with Gasteiger partial charge >= 0.3 is 0 Å². The van der Waals surface area contributed by atoms with E-state index in [4.69, 9.17) is 27.9 Å². The zero-order chi connectivity index (χ0) is 22.4. The van der Waals surface area contributed by atoms with Crippen LogP contribution in [0.25, 0.3) is 0 Å². The highest BCUT2D eigenvalue weighted by molar-refractivity contribution is 7.92. The fraction of sp³-hybridized carbons (Fsp3) is 0.136. The largest absolute Gasteiger partial charge is 0.481 e. The van der Waals surface area contributed by atoms with Gasteiger partial charge in [-0.25, -0.2) is 8.42 Å². The molecule has 0 fully saturated rings. The van der Waals surface area contributed by atoms with Gasteiger partial charge in [-0.3, -0.25) is 9.52 Å². The number of amides is 1. The van der Waals surface area contributed by atoms with Crippen LogP contribution in [-0.2, 0) is 14.8 Å². The Hall–Kier alpha value is -2.74. The molecule has 3 aromatic carbocycles. The molecule has 3 rings (SSSR count). The molecule has 3 aromatic rings. The van der Waals surface area contributed by atoms with Crippen LogP contribution >= 0.6 is 23.2 Å². The number of rotatable bonds is 8. The first-order valence-electron chi connectivity index (χ1n) is 9.39. The molecule has 1 amide bonds. The van der Waals surface area contributed by atoms with Crippen LogP contribution in [0.3, 0.4) is 0 Å². The predicted molar refractivity (Wildman–Crippen MR) is 123 cm³/mol. The van der Waals surface area contributed by atoms with Crippen molar-refractivity contribution in [2.45, 2.75) is 24.3 Å². The number of para-hydroxylation sites is 1.